The molecule has 2 N–H and O–H groups in total. The first kappa shape index (κ1) is 21.3. The van der Waals surface area contributed by atoms with Gasteiger partial charge >= 0.3 is 5.97 Å². The van der Waals surface area contributed by atoms with Crippen molar-refractivity contribution in [1.29, 1.82) is 0 Å². The van der Waals surface area contributed by atoms with Gasteiger partial charge in [-0.25, -0.2) is 17.9 Å². The Labute approximate surface area is 164 Å². The number of sulfonamides is 1. The van der Waals surface area contributed by atoms with E-state index in [4.69, 9.17) is 4.74 Å². The van der Waals surface area contributed by atoms with E-state index >= 15 is 0 Å². The number of benzene rings is 2. The van der Waals surface area contributed by atoms with Crippen molar-refractivity contribution in [3.05, 3.63) is 78.4 Å². The predicted octanol–water partition coefficient (Wildman–Crippen LogP) is 2.19. The van der Waals surface area contributed by atoms with Gasteiger partial charge in [0.05, 0.1) is 16.5 Å². The third kappa shape index (κ3) is 6.04. The Morgan fingerprint density at radius 3 is 2.36 bits per heavy atom. The van der Waals surface area contributed by atoms with Gasteiger partial charge in [-0.1, -0.05) is 36.4 Å². The predicted molar refractivity (Wildman–Crippen MR) is 105 cm³/mol. The van der Waals surface area contributed by atoms with E-state index in [1.807, 2.05) is 37.3 Å². The Bertz CT molecular complexity index is 925. The topological polar surface area (TPSA) is 102 Å². The number of rotatable bonds is 9. The Morgan fingerprint density at radius 2 is 1.75 bits per heavy atom. The Balaban J connectivity index is 1.89. The Morgan fingerprint density at radius 1 is 1.11 bits per heavy atom. The fraction of sp³-hybridized carbons (Fsp3) is 0.200. The lowest BCUT2D eigenvalue weighted by Crippen LogP contribution is -2.31. The highest BCUT2D eigenvalue weighted by Gasteiger charge is 2.16. The van der Waals surface area contributed by atoms with Gasteiger partial charge in [-0.15, -0.1) is 6.58 Å². The molecule has 0 aliphatic rings. The van der Waals surface area contributed by atoms with Crippen LogP contribution < -0.4 is 10.0 Å². The third-order valence-corrected chi connectivity index (χ3v) is 5.27. The second-order valence-corrected chi connectivity index (χ2v) is 7.71. The highest BCUT2D eigenvalue weighted by molar-refractivity contribution is 7.89. The summed E-state index contributed by atoms with van der Waals surface area (Å²) in [4.78, 5) is 24.0. The van der Waals surface area contributed by atoms with Crippen LogP contribution in [0.2, 0.25) is 0 Å². The van der Waals surface area contributed by atoms with Crippen LogP contribution in [0.3, 0.4) is 0 Å². The molecule has 0 unspecified atom stereocenters. The van der Waals surface area contributed by atoms with Crippen LogP contribution in [0.5, 0.6) is 0 Å². The summed E-state index contributed by atoms with van der Waals surface area (Å²) in [5.41, 5.74) is 1.08. The number of nitrogens with one attached hydrogen (secondary N) is 2. The van der Waals surface area contributed by atoms with Gasteiger partial charge in [0.25, 0.3) is 5.91 Å². The summed E-state index contributed by atoms with van der Waals surface area (Å²) >= 11 is 0. The molecule has 2 aromatic carbocycles. The van der Waals surface area contributed by atoms with E-state index in [1.165, 1.54) is 30.3 Å². The average molecular weight is 402 g/mol. The van der Waals surface area contributed by atoms with Crippen molar-refractivity contribution < 1.29 is 22.7 Å². The van der Waals surface area contributed by atoms with Crippen LogP contribution in [-0.2, 0) is 19.6 Å². The normalized spacial score (nSPS) is 12.0. The van der Waals surface area contributed by atoms with E-state index < -0.39 is 28.5 Å². The summed E-state index contributed by atoms with van der Waals surface area (Å²) < 4.78 is 31.3. The largest absolute Gasteiger partial charge is 0.452 e. The highest BCUT2D eigenvalue weighted by Crippen LogP contribution is 2.12. The molecule has 0 aliphatic carbocycles. The van der Waals surface area contributed by atoms with Crippen molar-refractivity contribution >= 4 is 21.9 Å². The van der Waals surface area contributed by atoms with Crippen LogP contribution in [0.25, 0.3) is 0 Å². The minimum Gasteiger partial charge on any atom is -0.452 e. The molecule has 0 radical (unpaired) electrons. The number of carbonyl (C=O) groups excluding carboxylic acids is 2. The van der Waals surface area contributed by atoms with Crippen molar-refractivity contribution in [2.24, 2.45) is 0 Å². The van der Waals surface area contributed by atoms with Gasteiger partial charge in [-0.05, 0) is 36.8 Å². The molecule has 0 bridgehead atoms. The SMILES string of the molecule is C=CCNS(=O)(=O)c1ccc(C(=O)OCC(=O)N[C@@H](C)c2ccccc2)cc1. The molecule has 28 heavy (non-hydrogen) atoms. The van der Waals surface area contributed by atoms with Gasteiger partial charge in [0.1, 0.15) is 0 Å². The van der Waals surface area contributed by atoms with Crippen LogP contribution in [0.15, 0.2) is 72.1 Å². The second-order valence-electron chi connectivity index (χ2n) is 5.94. The number of hydrogen-bond acceptors (Lipinski definition) is 5. The molecule has 0 saturated heterocycles. The van der Waals surface area contributed by atoms with Crippen LogP contribution in [-0.4, -0.2) is 33.4 Å². The average Bonchev–Trinajstić information content (AvgIpc) is 2.71. The van der Waals surface area contributed by atoms with Gasteiger partial charge in [0.15, 0.2) is 6.61 Å². The lowest BCUT2D eigenvalue weighted by atomic mass is 10.1. The zero-order chi connectivity index (χ0) is 20.6. The van der Waals surface area contributed by atoms with E-state index in [9.17, 15) is 18.0 Å². The van der Waals surface area contributed by atoms with Crippen LogP contribution >= 0.6 is 0 Å². The first-order valence-corrected chi connectivity index (χ1v) is 10.0. The van der Waals surface area contributed by atoms with E-state index in [0.29, 0.717) is 0 Å². The lowest BCUT2D eigenvalue weighted by Gasteiger charge is -2.14. The van der Waals surface area contributed by atoms with E-state index in [2.05, 4.69) is 16.6 Å². The molecule has 0 heterocycles. The number of amides is 1. The van der Waals surface area contributed by atoms with Crippen LogP contribution in [0.1, 0.15) is 28.9 Å². The molecule has 8 heteroatoms. The molecule has 0 fully saturated rings. The monoisotopic (exact) mass is 402 g/mol. The molecule has 0 aliphatic heterocycles. The molecule has 148 valence electrons. The van der Waals surface area contributed by atoms with Gasteiger partial charge in [0, 0.05) is 6.54 Å². The van der Waals surface area contributed by atoms with Crippen molar-refractivity contribution in [2.75, 3.05) is 13.2 Å². The zero-order valence-electron chi connectivity index (χ0n) is 15.4. The number of carbonyl (C=O) groups is 2. The minimum absolute atomic E-state index is 0.0142. The van der Waals surface area contributed by atoms with Crippen LogP contribution in [0, 0.1) is 0 Å². The Hall–Kier alpha value is -2.97. The summed E-state index contributed by atoms with van der Waals surface area (Å²) in [6.07, 6.45) is 1.42. The maximum Gasteiger partial charge on any atom is 0.338 e. The maximum atomic E-state index is 12.1. The minimum atomic E-state index is -3.67. The van der Waals surface area contributed by atoms with Crippen LogP contribution in [0.4, 0.5) is 0 Å². The first-order valence-electron chi connectivity index (χ1n) is 8.55. The van der Waals surface area contributed by atoms with Crippen molar-refractivity contribution in [1.82, 2.24) is 10.0 Å². The Kier molecular flexibility index (Phi) is 7.48. The van der Waals surface area contributed by atoms with Crippen molar-refractivity contribution in [2.45, 2.75) is 17.9 Å². The zero-order valence-corrected chi connectivity index (χ0v) is 16.2. The van der Waals surface area contributed by atoms with Gasteiger partial charge in [-0.2, -0.15) is 0 Å². The summed E-state index contributed by atoms with van der Waals surface area (Å²) in [6.45, 7) is 4.94. The molecule has 0 spiro atoms. The van der Waals surface area contributed by atoms with Crippen molar-refractivity contribution in [3.8, 4) is 0 Å². The third-order valence-electron chi connectivity index (χ3n) is 3.83. The molecule has 0 aromatic heterocycles. The van der Waals surface area contributed by atoms with E-state index in [0.717, 1.165) is 5.56 Å². The van der Waals surface area contributed by atoms with Gasteiger partial charge in [0.2, 0.25) is 10.0 Å². The molecule has 0 saturated carbocycles. The first-order chi connectivity index (χ1) is 13.3. The molecular formula is C20H22N2O5S. The highest BCUT2D eigenvalue weighted by atomic mass is 32.2. The van der Waals surface area contributed by atoms with E-state index in [-0.39, 0.29) is 23.0 Å². The molecule has 2 rings (SSSR count). The summed E-state index contributed by atoms with van der Waals surface area (Å²) in [7, 11) is -3.67. The van der Waals surface area contributed by atoms with Gasteiger partial charge < -0.3 is 10.1 Å². The number of esters is 1. The molecule has 7 nitrogen and oxygen atoms in total. The quantitative estimate of drug-likeness (QED) is 0.495. The lowest BCUT2D eigenvalue weighted by molar-refractivity contribution is -0.124. The fourth-order valence-electron chi connectivity index (χ4n) is 2.34. The number of hydrogen-bond donors (Lipinski definition) is 2. The summed E-state index contributed by atoms with van der Waals surface area (Å²) in [6, 6.07) is 14.4. The van der Waals surface area contributed by atoms with Crippen molar-refractivity contribution in [3.63, 3.8) is 0 Å². The molecule has 1 amide bonds. The smallest absolute Gasteiger partial charge is 0.338 e. The summed E-state index contributed by atoms with van der Waals surface area (Å²) in [5.74, 6) is -1.15. The summed E-state index contributed by atoms with van der Waals surface area (Å²) in [5, 5.41) is 2.74. The molecule has 1 atom stereocenters. The van der Waals surface area contributed by atoms with E-state index in [1.54, 1.807) is 0 Å². The van der Waals surface area contributed by atoms with Gasteiger partial charge in [-0.3, -0.25) is 4.79 Å². The maximum absolute atomic E-state index is 12.1. The standard InChI is InChI=1S/C20H22N2O5S/c1-3-13-21-28(25,26)18-11-9-17(10-12-18)20(24)27-14-19(23)22-15(2)16-7-5-4-6-8-16/h3-12,15,21H,1,13-14H2,2H3,(H,22,23)/t15-/m0/s1. The number of ether oxygens (including phenoxy) is 1. The fourth-order valence-corrected chi connectivity index (χ4v) is 3.34. The molecular weight excluding hydrogens is 380 g/mol. The second kappa shape index (κ2) is 9.82. The molecule has 2 aromatic rings.